The van der Waals surface area contributed by atoms with Gasteiger partial charge in [0.25, 0.3) is 0 Å². The number of fused-ring (bicyclic) bond motifs is 1. The van der Waals surface area contributed by atoms with Gasteiger partial charge in [-0.3, -0.25) is 9.20 Å². The highest BCUT2D eigenvalue weighted by molar-refractivity contribution is 7.15. The van der Waals surface area contributed by atoms with Gasteiger partial charge in [-0.1, -0.05) is 12.8 Å². The number of thiazole rings is 1. The van der Waals surface area contributed by atoms with E-state index in [2.05, 4.69) is 33.2 Å². The molecule has 0 unspecified atom stereocenters. The minimum atomic E-state index is 0.203. The van der Waals surface area contributed by atoms with Crippen LogP contribution in [0.15, 0.2) is 11.6 Å². The number of carbonyl (C=O) groups is 1. The van der Waals surface area contributed by atoms with Gasteiger partial charge >= 0.3 is 0 Å². The number of imidazole rings is 1. The summed E-state index contributed by atoms with van der Waals surface area (Å²) >= 11 is 1.66. The van der Waals surface area contributed by atoms with Crippen molar-refractivity contribution in [3.05, 3.63) is 23.0 Å². The van der Waals surface area contributed by atoms with E-state index in [1.807, 2.05) is 0 Å². The van der Waals surface area contributed by atoms with Crippen LogP contribution in [0.3, 0.4) is 0 Å². The first-order valence-corrected chi connectivity index (χ1v) is 8.29. The predicted octanol–water partition coefficient (Wildman–Crippen LogP) is 2.94. The number of nitrogens with one attached hydrogen (secondary N) is 1. The first kappa shape index (κ1) is 13.6. The van der Waals surface area contributed by atoms with Crippen molar-refractivity contribution in [3.63, 3.8) is 0 Å². The third kappa shape index (κ3) is 3.03. The highest BCUT2D eigenvalue weighted by atomic mass is 32.1. The lowest BCUT2D eigenvalue weighted by Gasteiger charge is -2.08. The van der Waals surface area contributed by atoms with Gasteiger partial charge in [0.1, 0.15) is 0 Å². The molecule has 2 heterocycles. The quantitative estimate of drug-likeness (QED) is 0.920. The maximum absolute atomic E-state index is 11.8. The first-order chi connectivity index (χ1) is 9.72. The number of hydrogen-bond acceptors (Lipinski definition) is 3. The van der Waals surface area contributed by atoms with E-state index in [4.69, 9.17) is 0 Å². The van der Waals surface area contributed by atoms with E-state index >= 15 is 0 Å². The zero-order valence-corrected chi connectivity index (χ0v) is 12.7. The highest BCUT2D eigenvalue weighted by Crippen LogP contribution is 2.27. The van der Waals surface area contributed by atoms with Crippen LogP contribution >= 0.6 is 11.3 Å². The smallest absolute Gasteiger partial charge is 0.220 e. The Morgan fingerprint density at radius 3 is 3.05 bits per heavy atom. The Morgan fingerprint density at radius 1 is 1.50 bits per heavy atom. The zero-order chi connectivity index (χ0) is 13.9. The lowest BCUT2D eigenvalue weighted by atomic mass is 10.0. The van der Waals surface area contributed by atoms with Crippen LogP contribution in [0.1, 0.15) is 43.5 Å². The Kier molecular flexibility index (Phi) is 4.05. The number of rotatable bonds is 5. The van der Waals surface area contributed by atoms with Crippen molar-refractivity contribution in [1.82, 2.24) is 14.7 Å². The van der Waals surface area contributed by atoms with Gasteiger partial charge in [0.2, 0.25) is 5.91 Å². The van der Waals surface area contributed by atoms with Crippen molar-refractivity contribution in [3.8, 4) is 0 Å². The molecule has 0 aromatic carbocycles. The van der Waals surface area contributed by atoms with Gasteiger partial charge in [-0.15, -0.1) is 11.3 Å². The Labute approximate surface area is 123 Å². The van der Waals surface area contributed by atoms with Crippen LogP contribution in [0.4, 0.5) is 0 Å². The van der Waals surface area contributed by atoms with E-state index in [1.165, 1.54) is 31.4 Å². The van der Waals surface area contributed by atoms with Gasteiger partial charge in [-0.05, 0) is 25.7 Å². The molecule has 0 aliphatic heterocycles. The van der Waals surface area contributed by atoms with Crippen molar-refractivity contribution in [2.45, 2.75) is 45.4 Å². The lowest BCUT2D eigenvalue weighted by Crippen LogP contribution is -2.27. The van der Waals surface area contributed by atoms with Gasteiger partial charge in [0.15, 0.2) is 4.96 Å². The average Bonchev–Trinajstić information content (AvgIpc) is 3.10. The molecular formula is C15H21N3OS. The zero-order valence-electron chi connectivity index (χ0n) is 11.9. The summed E-state index contributed by atoms with van der Waals surface area (Å²) in [7, 11) is 0. The number of hydrogen-bond donors (Lipinski definition) is 1. The molecule has 2 aromatic rings. The maximum atomic E-state index is 11.8. The number of nitrogens with zero attached hydrogens (tertiary/aromatic N) is 2. The molecule has 0 atom stereocenters. The van der Waals surface area contributed by atoms with Gasteiger partial charge < -0.3 is 5.32 Å². The molecule has 1 fully saturated rings. The van der Waals surface area contributed by atoms with Crippen molar-refractivity contribution >= 4 is 22.2 Å². The van der Waals surface area contributed by atoms with Crippen LogP contribution < -0.4 is 5.32 Å². The largest absolute Gasteiger partial charge is 0.356 e. The Balaban J connectivity index is 1.45. The molecule has 1 aliphatic carbocycles. The second kappa shape index (κ2) is 5.95. The summed E-state index contributed by atoms with van der Waals surface area (Å²) in [5.74, 6) is 0.824. The van der Waals surface area contributed by atoms with E-state index in [0.29, 0.717) is 18.9 Å². The SMILES string of the molecule is Cc1csc2nc(CCNC(=O)CC3CCCC3)cn12. The molecule has 2 aromatic heterocycles. The number of aromatic nitrogens is 2. The van der Waals surface area contributed by atoms with Crippen LogP contribution in [-0.4, -0.2) is 21.8 Å². The molecule has 4 nitrogen and oxygen atoms in total. The minimum Gasteiger partial charge on any atom is -0.356 e. The number of carbonyl (C=O) groups excluding carboxylic acids is 1. The van der Waals surface area contributed by atoms with Gasteiger partial charge in [0, 0.05) is 36.7 Å². The van der Waals surface area contributed by atoms with Gasteiger partial charge in [-0.2, -0.15) is 0 Å². The second-order valence-corrected chi connectivity index (χ2v) is 6.55. The summed E-state index contributed by atoms with van der Waals surface area (Å²) in [5, 5.41) is 5.13. The van der Waals surface area contributed by atoms with Crippen molar-refractivity contribution in [1.29, 1.82) is 0 Å². The minimum absolute atomic E-state index is 0.203. The molecule has 1 aliphatic rings. The third-order valence-electron chi connectivity index (χ3n) is 4.09. The molecule has 1 N–H and O–H groups in total. The normalized spacial score (nSPS) is 16.1. The monoisotopic (exact) mass is 291 g/mol. The van der Waals surface area contributed by atoms with E-state index < -0.39 is 0 Å². The maximum Gasteiger partial charge on any atom is 0.220 e. The van der Waals surface area contributed by atoms with Crippen molar-refractivity contribution in [2.24, 2.45) is 5.92 Å². The summed E-state index contributed by atoms with van der Waals surface area (Å²) in [6.07, 6.45) is 8.63. The molecule has 108 valence electrons. The fourth-order valence-electron chi connectivity index (χ4n) is 2.94. The fraction of sp³-hybridized carbons (Fsp3) is 0.600. The number of amides is 1. The van der Waals surface area contributed by atoms with Crippen LogP contribution in [-0.2, 0) is 11.2 Å². The van der Waals surface area contributed by atoms with E-state index in [0.717, 1.165) is 17.1 Å². The van der Waals surface area contributed by atoms with Gasteiger partial charge in [-0.25, -0.2) is 4.98 Å². The Morgan fingerprint density at radius 2 is 2.30 bits per heavy atom. The molecule has 1 amide bonds. The molecule has 1 saturated carbocycles. The summed E-state index contributed by atoms with van der Waals surface area (Å²) in [4.78, 5) is 17.4. The molecule has 0 bridgehead atoms. The summed E-state index contributed by atoms with van der Waals surface area (Å²) in [6, 6.07) is 0. The molecule has 0 radical (unpaired) electrons. The molecule has 0 spiro atoms. The first-order valence-electron chi connectivity index (χ1n) is 7.41. The summed E-state index contributed by atoms with van der Waals surface area (Å²) < 4.78 is 2.11. The van der Waals surface area contributed by atoms with Crippen molar-refractivity contribution < 1.29 is 4.79 Å². The van der Waals surface area contributed by atoms with E-state index in [9.17, 15) is 4.79 Å². The van der Waals surface area contributed by atoms with Crippen LogP contribution in [0, 0.1) is 12.8 Å². The molecule has 5 heteroatoms. The molecular weight excluding hydrogens is 270 g/mol. The van der Waals surface area contributed by atoms with Crippen LogP contribution in [0.5, 0.6) is 0 Å². The lowest BCUT2D eigenvalue weighted by molar-refractivity contribution is -0.121. The fourth-order valence-corrected chi connectivity index (χ4v) is 3.81. The molecule has 0 saturated heterocycles. The van der Waals surface area contributed by atoms with Crippen LogP contribution in [0.25, 0.3) is 4.96 Å². The van der Waals surface area contributed by atoms with Gasteiger partial charge in [0.05, 0.1) is 5.69 Å². The standard InChI is InChI=1S/C15H21N3OS/c1-11-10-20-15-17-13(9-18(11)15)6-7-16-14(19)8-12-4-2-3-5-12/h9-10,12H,2-8H2,1H3,(H,16,19). The van der Waals surface area contributed by atoms with Crippen LogP contribution in [0.2, 0.25) is 0 Å². The average molecular weight is 291 g/mol. The summed E-state index contributed by atoms with van der Waals surface area (Å²) in [5.41, 5.74) is 2.27. The number of aryl methyl sites for hydroxylation is 1. The molecule has 3 rings (SSSR count). The molecule has 20 heavy (non-hydrogen) atoms. The third-order valence-corrected chi connectivity index (χ3v) is 5.05. The summed E-state index contributed by atoms with van der Waals surface area (Å²) in [6.45, 7) is 2.77. The van der Waals surface area contributed by atoms with Crippen molar-refractivity contribution in [2.75, 3.05) is 6.54 Å². The highest BCUT2D eigenvalue weighted by Gasteiger charge is 2.18. The predicted molar refractivity (Wildman–Crippen MR) is 81.1 cm³/mol. The Hall–Kier alpha value is -1.36. The topological polar surface area (TPSA) is 46.4 Å². The second-order valence-electron chi connectivity index (χ2n) is 5.72. The van der Waals surface area contributed by atoms with E-state index in [-0.39, 0.29) is 5.91 Å². The Bertz CT molecular complexity index is 595. The van der Waals surface area contributed by atoms with E-state index in [1.54, 1.807) is 11.3 Å².